The molecule has 3 aromatic rings. The number of carbonyl (C=O) groups excluding carboxylic acids is 1. The predicted octanol–water partition coefficient (Wildman–Crippen LogP) is 1.05. The number of aryl methyl sites for hydroxylation is 1. The molecule has 1 aromatic carbocycles. The van der Waals surface area contributed by atoms with E-state index in [1.165, 1.54) is 31.9 Å². The van der Waals surface area contributed by atoms with Crippen LogP contribution in [0.2, 0.25) is 0 Å². The molecule has 27 heavy (non-hydrogen) atoms. The molecule has 0 unspecified atom stereocenters. The molecule has 0 aliphatic rings. The molecule has 0 spiro atoms. The van der Waals surface area contributed by atoms with Crippen molar-refractivity contribution in [1.29, 1.82) is 0 Å². The molecule has 0 saturated heterocycles. The van der Waals surface area contributed by atoms with Gasteiger partial charge < -0.3 is 9.88 Å². The van der Waals surface area contributed by atoms with Gasteiger partial charge >= 0.3 is 5.69 Å². The summed E-state index contributed by atoms with van der Waals surface area (Å²) in [4.78, 5) is 40.8. The Kier molecular flexibility index (Phi) is 4.38. The van der Waals surface area contributed by atoms with Gasteiger partial charge in [-0.25, -0.2) is 22.9 Å². The number of carbonyl (C=O) groups is 1. The molecule has 11 heteroatoms. The molecule has 0 bridgehead atoms. The average molecular weight is 381 g/mol. The largest absolute Gasteiger partial charge is 0.332 e. The zero-order valence-corrected chi connectivity index (χ0v) is 14.5. The minimum absolute atomic E-state index is 0.00647. The topological polar surface area (TPSA) is 90.9 Å². The van der Waals surface area contributed by atoms with Gasteiger partial charge in [-0.1, -0.05) is 0 Å². The second kappa shape index (κ2) is 6.41. The van der Waals surface area contributed by atoms with E-state index in [-0.39, 0.29) is 11.2 Å². The lowest BCUT2D eigenvalue weighted by Gasteiger charge is -2.15. The number of rotatable bonds is 3. The lowest BCUT2D eigenvalue weighted by Crippen LogP contribution is -2.38. The Hall–Kier alpha value is -3.37. The molecule has 0 fully saturated rings. The summed E-state index contributed by atoms with van der Waals surface area (Å²) < 4.78 is 43.3. The van der Waals surface area contributed by atoms with Gasteiger partial charge in [-0.3, -0.25) is 18.7 Å². The fourth-order valence-electron chi connectivity index (χ4n) is 2.64. The van der Waals surface area contributed by atoms with Gasteiger partial charge in [-0.05, 0) is 19.1 Å². The number of nitrogens with zero attached hydrogens (tertiary/aromatic N) is 4. The Labute approximate surface area is 149 Å². The van der Waals surface area contributed by atoms with Gasteiger partial charge in [0.05, 0.1) is 12.0 Å². The van der Waals surface area contributed by atoms with Crippen LogP contribution in [0.1, 0.15) is 13.0 Å². The molecule has 0 aliphatic carbocycles. The molecular formula is C16H14F3N5O3. The highest BCUT2D eigenvalue weighted by Gasteiger charge is 2.23. The van der Waals surface area contributed by atoms with Crippen molar-refractivity contribution < 1.29 is 18.0 Å². The van der Waals surface area contributed by atoms with Crippen molar-refractivity contribution in [3.63, 3.8) is 0 Å². The molecule has 1 atom stereocenters. The summed E-state index contributed by atoms with van der Waals surface area (Å²) in [7, 11) is 2.70. The second-order valence-corrected chi connectivity index (χ2v) is 5.92. The summed E-state index contributed by atoms with van der Waals surface area (Å²) in [6, 6.07) is 0.497. The molecule has 8 nitrogen and oxygen atoms in total. The van der Waals surface area contributed by atoms with Crippen LogP contribution < -0.4 is 16.6 Å². The van der Waals surface area contributed by atoms with Gasteiger partial charge in [0, 0.05) is 14.1 Å². The first-order valence-corrected chi connectivity index (χ1v) is 7.72. The molecule has 142 valence electrons. The van der Waals surface area contributed by atoms with E-state index in [0.717, 1.165) is 15.2 Å². The lowest BCUT2D eigenvalue weighted by atomic mass is 10.2. The van der Waals surface area contributed by atoms with Crippen molar-refractivity contribution in [3.8, 4) is 0 Å². The number of imidazole rings is 1. The molecule has 0 saturated carbocycles. The van der Waals surface area contributed by atoms with Crippen LogP contribution >= 0.6 is 0 Å². The summed E-state index contributed by atoms with van der Waals surface area (Å²) in [5, 5.41) is 2.14. The van der Waals surface area contributed by atoms with Gasteiger partial charge in [0.1, 0.15) is 6.04 Å². The first-order chi connectivity index (χ1) is 12.6. The van der Waals surface area contributed by atoms with Crippen molar-refractivity contribution in [3.05, 3.63) is 56.7 Å². The van der Waals surface area contributed by atoms with Gasteiger partial charge in [0.15, 0.2) is 28.6 Å². The maximum absolute atomic E-state index is 13.8. The van der Waals surface area contributed by atoms with Crippen molar-refractivity contribution >= 4 is 22.8 Å². The van der Waals surface area contributed by atoms with Crippen LogP contribution in [0.4, 0.5) is 18.9 Å². The number of fused-ring (bicyclic) bond motifs is 1. The van der Waals surface area contributed by atoms with E-state index < -0.39 is 46.3 Å². The molecular weight excluding hydrogens is 367 g/mol. The van der Waals surface area contributed by atoms with Crippen LogP contribution in [0.15, 0.2) is 28.0 Å². The van der Waals surface area contributed by atoms with E-state index in [1.54, 1.807) is 0 Å². The Balaban J connectivity index is 2.03. The Morgan fingerprint density at radius 3 is 2.44 bits per heavy atom. The fraction of sp³-hybridized carbons (Fsp3) is 0.250. The Bertz CT molecular complexity index is 1190. The van der Waals surface area contributed by atoms with Crippen molar-refractivity contribution in [1.82, 2.24) is 18.7 Å². The Morgan fingerprint density at radius 1 is 1.11 bits per heavy atom. The van der Waals surface area contributed by atoms with Crippen LogP contribution in [-0.2, 0) is 18.9 Å². The van der Waals surface area contributed by atoms with E-state index >= 15 is 0 Å². The smallest absolute Gasteiger partial charge is 0.322 e. The SMILES string of the molecule is C[C@@H](C(=O)Nc1ccc(F)c(F)c1F)n1cnc2c1c(=O)n(C)c(=O)n2C. The highest BCUT2D eigenvalue weighted by atomic mass is 19.2. The summed E-state index contributed by atoms with van der Waals surface area (Å²) in [5.74, 6) is -5.43. The van der Waals surface area contributed by atoms with Crippen LogP contribution in [0.25, 0.3) is 11.2 Å². The average Bonchev–Trinajstić information content (AvgIpc) is 3.09. The number of nitrogens with one attached hydrogen (secondary N) is 1. The first-order valence-electron chi connectivity index (χ1n) is 7.72. The number of hydrogen-bond donors (Lipinski definition) is 1. The summed E-state index contributed by atoms with van der Waals surface area (Å²) >= 11 is 0. The van der Waals surface area contributed by atoms with E-state index in [9.17, 15) is 27.6 Å². The third-order valence-electron chi connectivity index (χ3n) is 4.26. The maximum Gasteiger partial charge on any atom is 0.332 e. The van der Waals surface area contributed by atoms with Gasteiger partial charge in [0.2, 0.25) is 5.91 Å². The van der Waals surface area contributed by atoms with Gasteiger partial charge in [-0.15, -0.1) is 0 Å². The van der Waals surface area contributed by atoms with Crippen molar-refractivity contribution in [2.75, 3.05) is 5.32 Å². The molecule has 2 heterocycles. The summed E-state index contributed by atoms with van der Waals surface area (Å²) in [5.41, 5.74) is -1.73. The number of halogens is 3. The van der Waals surface area contributed by atoms with Crippen LogP contribution in [-0.4, -0.2) is 24.6 Å². The molecule has 2 aromatic heterocycles. The minimum Gasteiger partial charge on any atom is -0.322 e. The summed E-state index contributed by atoms with van der Waals surface area (Å²) in [6.45, 7) is 1.40. The first kappa shape index (κ1) is 18.4. The molecule has 0 radical (unpaired) electrons. The maximum atomic E-state index is 13.8. The predicted molar refractivity (Wildman–Crippen MR) is 89.9 cm³/mol. The summed E-state index contributed by atoms with van der Waals surface area (Å²) in [6.07, 6.45) is 1.19. The van der Waals surface area contributed by atoms with Crippen LogP contribution in [0.3, 0.4) is 0 Å². The van der Waals surface area contributed by atoms with Crippen molar-refractivity contribution in [2.45, 2.75) is 13.0 Å². The van der Waals surface area contributed by atoms with Gasteiger partial charge in [-0.2, -0.15) is 0 Å². The van der Waals surface area contributed by atoms with Gasteiger partial charge in [0.25, 0.3) is 5.56 Å². The quantitative estimate of drug-likeness (QED) is 0.687. The molecule has 3 rings (SSSR count). The fourth-order valence-corrected chi connectivity index (χ4v) is 2.64. The normalized spacial score (nSPS) is 12.4. The molecule has 1 N–H and O–H groups in total. The second-order valence-electron chi connectivity index (χ2n) is 5.92. The number of amides is 1. The number of anilines is 1. The standard InChI is InChI=1S/C16H14F3N5O3/c1-7(14(25)21-9-5-4-8(17)10(18)11(9)19)24-6-20-13-12(24)15(26)23(3)16(27)22(13)2/h4-7H,1-3H3,(H,21,25)/t7-/m0/s1. The Morgan fingerprint density at radius 2 is 1.78 bits per heavy atom. The zero-order chi connectivity index (χ0) is 20.0. The van der Waals surface area contributed by atoms with E-state index in [2.05, 4.69) is 10.3 Å². The number of hydrogen-bond acceptors (Lipinski definition) is 4. The van der Waals surface area contributed by atoms with E-state index in [0.29, 0.717) is 6.07 Å². The van der Waals surface area contributed by atoms with Crippen molar-refractivity contribution in [2.24, 2.45) is 14.1 Å². The lowest BCUT2D eigenvalue weighted by molar-refractivity contribution is -0.118. The number of benzene rings is 1. The number of aromatic nitrogens is 4. The third-order valence-corrected chi connectivity index (χ3v) is 4.26. The minimum atomic E-state index is -1.71. The van der Waals surface area contributed by atoms with Crippen LogP contribution in [0, 0.1) is 17.5 Å². The monoisotopic (exact) mass is 381 g/mol. The molecule has 1 amide bonds. The zero-order valence-electron chi connectivity index (χ0n) is 14.5. The highest BCUT2D eigenvalue weighted by Crippen LogP contribution is 2.21. The highest BCUT2D eigenvalue weighted by molar-refractivity contribution is 5.94. The third kappa shape index (κ3) is 2.80. The van der Waals surface area contributed by atoms with E-state index in [1.807, 2.05) is 0 Å². The van der Waals surface area contributed by atoms with E-state index in [4.69, 9.17) is 0 Å². The van der Waals surface area contributed by atoms with Crippen LogP contribution in [0.5, 0.6) is 0 Å². The molecule has 0 aliphatic heterocycles.